The molecule has 0 saturated carbocycles. The first-order valence-electron chi connectivity index (χ1n) is 6.42. The fourth-order valence-corrected chi connectivity index (χ4v) is 2.20. The van der Waals surface area contributed by atoms with E-state index in [1.54, 1.807) is 18.2 Å². The minimum absolute atomic E-state index is 0.0529. The van der Waals surface area contributed by atoms with Gasteiger partial charge in [0.15, 0.2) is 0 Å². The Morgan fingerprint density at radius 1 is 1.32 bits per heavy atom. The van der Waals surface area contributed by atoms with Gasteiger partial charge >= 0.3 is 5.97 Å². The molecular weight excluding hydrogens is 242 g/mol. The van der Waals surface area contributed by atoms with Gasteiger partial charge in [-0.3, -0.25) is 4.79 Å². The van der Waals surface area contributed by atoms with Gasteiger partial charge in [-0.15, -0.1) is 0 Å². The van der Waals surface area contributed by atoms with E-state index in [2.05, 4.69) is 17.5 Å². The van der Waals surface area contributed by atoms with E-state index in [0.29, 0.717) is 0 Å². The summed E-state index contributed by atoms with van der Waals surface area (Å²) in [4.78, 5) is 22.7. The first-order chi connectivity index (χ1) is 9.15. The number of carboxylic acid groups (broad SMARTS) is 1. The number of rotatable bonds is 4. The van der Waals surface area contributed by atoms with Gasteiger partial charge < -0.3 is 10.4 Å². The van der Waals surface area contributed by atoms with Crippen molar-refractivity contribution in [1.29, 1.82) is 0 Å². The number of hydrogen-bond donors (Lipinski definition) is 2. The van der Waals surface area contributed by atoms with Crippen LogP contribution in [0.2, 0.25) is 0 Å². The number of carbonyl (C=O) groups excluding carboxylic acids is 1. The minimum Gasteiger partial charge on any atom is -0.478 e. The van der Waals surface area contributed by atoms with Crippen molar-refractivity contribution in [3.63, 3.8) is 0 Å². The predicted octanol–water partition coefficient (Wildman–Crippen LogP) is 2.15. The van der Waals surface area contributed by atoms with Crippen molar-refractivity contribution in [2.24, 2.45) is 0 Å². The Labute approximate surface area is 112 Å². The zero-order valence-corrected chi connectivity index (χ0v) is 10.6. The van der Waals surface area contributed by atoms with E-state index in [-0.39, 0.29) is 23.9 Å². The van der Waals surface area contributed by atoms with Gasteiger partial charge in [0.05, 0.1) is 12.0 Å². The summed E-state index contributed by atoms with van der Waals surface area (Å²) in [6, 6.07) is 6.71. The Morgan fingerprint density at radius 3 is 2.84 bits per heavy atom. The molecule has 0 radical (unpaired) electrons. The van der Waals surface area contributed by atoms with Crippen molar-refractivity contribution in [2.75, 3.05) is 0 Å². The monoisotopic (exact) mass is 259 g/mol. The Hall–Kier alpha value is -2.10. The summed E-state index contributed by atoms with van der Waals surface area (Å²) >= 11 is 0. The number of carbonyl (C=O) groups is 2. The molecule has 19 heavy (non-hydrogen) atoms. The molecule has 0 bridgehead atoms. The summed E-state index contributed by atoms with van der Waals surface area (Å²) in [5.41, 5.74) is 0.939. The molecule has 4 nitrogen and oxygen atoms in total. The van der Waals surface area contributed by atoms with Crippen LogP contribution < -0.4 is 5.32 Å². The van der Waals surface area contributed by atoms with Gasteiger partial charge in [0.25, 0.3) is 0 Å². The third kappa shape index (κ3) is 3.95. The molecule has 0 spiro atoms. The first kappa shape index (κ1) is 13.3. The second-order valence-electron chi connectivity index (χ2n) is 4.73. The highest BCUT2D eigenvalue weighted by Crippen LogP contribution is 2.11. The Bertz CT molecular complexity index is 508. The summed E-state index contributed by atoms with van der Waals surface area (Å²) in [6.07, 6.45) is 7.28. The summed E-state index contributed by atoms with van der Waals surface area (Å²) in [7, 11) is 0. The van der Waals surface area contributed by atoms with Crippen LogP contribution in [0.3, 0.4) is 0 Å². The molecule has 1 aliphatic carbocycles. The van der Waals surface area contributed by atoms with Crippen LogP contribution in [0.1, 0.15) is 35.2 Å². The van der Waals surface area contributed by atoms with Gasteiger partial charge in [0.1, 0.15) is 0 Å². The standard InChI is InChI=1S/C15H17NO3/c17-14(16-13-7-2-1-3-8-13)10-11-5-4-6-12(9-11)15(18)19/h1-2,4-6,9,13H,3,7-8,10H2,(H,16,17)(H,18,19). The van der Waals surface area contributed by atoms with Crippen LogP contribution in [0.4, 0.5) is 0 Å². The van der Waals surface area contributed by atoms with Gasteiger partial charge in [0, 0.05) is 6.04 Å². The van der Waals surface area contributed by atoms with Crippen LogP contribution in [0.5, 0.6) is 0 Å². The van der Waals surface area contributed by atoms with Crippen molar-refractivity contribution < 1.29 is 14.7 Å². The van der Waals surface area contributed by atoms with Crippen molar-refractivity contribution in [3.8, 4) is 0 Å². The summed E-state index contributed by atoms with van der Waals surface area (Å²) in [5, 5.41) is 11.9. The third-order valence-corrected chi connectivity index (χ3v) is 3.17. The number of carboxylic acids is 1. The number of nitrogens with one attached hydrogen (secondary N) is 1. The van der Waals surface area contributed by atoms with Crippen LogP contribution >= 0.6 is 0 Å². The SMILES string of the molecule is O=C(Cc1cccc(C(=O)O)c1)NC1CC=CCC1. The average molecular weight is 259 g/mol. The maximum atomic E-state index is 11.9. The van der Waals surface area contributed by atoms with Crippen molar-refractivity contribution in [3.05, 3.63) is 47.5 Å². The number of benzene rings is 1. The van der Waals surface area contributed by atoms with Gasteiger partial charge in [-0.1, -0.05) is 24.3 Å². The predicted molar refractivity (Wildman–Crippen MR) is 72.0 cm³/mol. The molecule has 4 heteroatoms. The largest absolute Gasteiger partial charge is 0.478 e. The van der Waals surface area contributed by atoms with Gasteiger partial charge in [0.2, 0.25) is 5.91 Å². The summed E-state index contributed by atoms with van der Waals surface area (Å²) in [6.45, 7) is 0. The lowest BCUT2D eigenvalue weighted by Gasteiger charge is -2.19. The Kier molecular flexibility index (Phi) is 4.34. The second-order valence-corrected chi connectivity index (χ2v) is 4.73. The molecule has 0 fully saturated rings. The molecule has 1 aromatic rings. The topological polar surface area (TPSA) is 66.4 Å². The average Bonchev–Trinajstić information content (AvgIpc) is 2.40. The maximum Gasteiger partial charge on any atom is 0.335 e. The molecule has 1 unspecified atom stereocenters. The fourth-order valence-electron chi connectivity index (χ4n) is 2.20. The van der Waals surface area contributed by atoms with Gasteiger partial charge in [-0.25, -0.2) is 4.79 Å². The van der Waals surface area contributed by atoms with E-state index in [0.717, 1.165) is 24.8 Å². The molecule has 1 amide bonds. The van der Waals surface area contributed by atoms with Crippen molar-refractivity contribution in [1.82, 2.24) is 5.32 Å². The molecular formula is C15H17NO3. The van der Waals surface area contributed by atoms with E-state index >= 15 is 0 Å². The zero-order valence-electron chi connectivity index (χ0n) is 10.6. The van der Waals surface area contributed by atoms with Crippen LogP contribution in [-0.4, -0.2) is 23.0 Å². The highest BCUT2D eigenvalue weighted by molar-refractivity contribution is 5.88. The molecule has 1 aliphatic rings. The first-order valence-corrected chi connectivity index (χ1v) is 6.42. The Morgan fingerprint density at radius 2 is 2.16 bits per heavy atom. The quantitative estimate of drug-likeness (QED) is 0.814. The molecule has 0 saturated heterocycles. The highest BCUT2D eigenvalue weighted by Gasteiger charge is 2.13. The van der Waals surface area contributed by atoms with Crippen molar-refractivity contribution >= 4 is 11.9 Å². The van der Waals surface area contributed by atoms with Gasteiger partial charge in [-0.05, 0) is 37.0 Å². The lowest BCUT2D eigenvalue weighted by atomic mass is 10.0. The molecule has 0 heterocycles. The lowest BCUT2D eigenvalue weighted by molar-refractivity contribution is -0.121. The van der Waals surface area contributed by atoms with E-state index in [1.807, 2.05) is 0 Å². The molecule has 1 aromatic carbocycles. The molecule has 2 rings (SSSR count). The number of amides is 1. The smallest absolute Gasteiger partial charge is 0.335 e. The number of aromatic carboxylic acids is 1. The second kappa shape index (κ2) is 6.18. The highest BCUT2D eigenvalue weighted by atomic mass is 16.4. The lowest BCUT2D eigenvalue weighted by Crippen LogP contribution is -2.36. The summed E-state index contributed by atoms with van der Waals surface area (Å²) < 4.78 is 0. The normalized spacial score (nSPS) is 18.0. The van der Waals surface area contributed by atoms with E-state index < -0.39 is 5.97 Å². The minimum atomic E-state index is -0.973. The van der Waals surface area contributed by atoms with Gasteiger partial charge in [-0.2, -0.15) is 0 Å². The fraction of sp³-hybridized carbons (Fsp3) is 0.333. The van der Waals surface area contributed by atoms with E-state index in [9.17, 15) is 9.59 Å². The Balaban J connectivity index is 1.93. The number of hydrogen-bond acceptors (Lipinski definition) is 2. The van der Waals surface area contributed by atoms with Crippen LogP contribution in [-0.2, 0) is 11.2 Å². The van der Waals surface area contributed by atoms with Crippen LogP contribution in [0.15, 0.2) is 36.4 Å². The van der Waals surface area contributed by atoms with Crippen LogP contribution in [0, 0.1) is 0 Å². The maximum absolute atomic E-state index is 11.9. The van der Waals surface area contributed by atoms with Crippen molar-refractivity contribution in [2.45, 2.75) is 31.7 Å². The molecule has 2 N–H and O–H groups in total. The van der Waals surface area contributed by atoms with E-state index in [4.69, 9.17) is 5.11 Å². The zero-order chi connectivity index (χ0) is 13.7. The molecule has 1 atom stereocenters. The summed E-state index contributed by atoms with van der Waals surface area (Å²) in [5.74, 6) is -1.03. The van der Waals surface area contributed by atoms with Crippen LogP contribution in [0.25, 0.3) is 0 Å². The molecule has 100 valence electrons. The third-order valence-electron chi connectivity index (χ3n) is 3.17. The van der Waals surface area contributed by atoms with E-state index in [1.165, 1.54) is 6.07 Å². The number of allylic oxidation sites excluding steroid dienone is 1. The molecule has 0 aliphatic heterocycles. The molecule has 0 aromatic heterocycles.